The molecule has 0 bridgehead atoms. The minimum atomic E-state index is -0.518. The van der Waals surface area contributed by atoms with Crippen molar-refractivity contribution < 1.29 is 19.4 Å². The summed E-state index contributed by atoms with van der Waals surface area (Å²) in [5.41, 5.74) is 3.64. The first-order valence-corrected chi connectivity index (χ1v) is 7.82. The molecule has 3 aromatic rings. The van der Waals surface area contributed by atoms with Gasteiger partial charge in [0.2, 0.25) is 0 Å². The lowest BCUT2D eigenvalue weighted by Crippen LogP contribution is -2.17. The number of hydrazone groups is 1. The molecule has 3 aromatic carbocycles. The maximum Gasteiger partial charge on any atom is 0.337 e. The first kappa shape index (κ1) is 17.2. The number of methoxy groups -OCH3 is 1. The third-order valence-corrected chi connectivity index (χ3v) is 3.82. The van der Waals surface area contributed by atoms with E-state index in [0.29, 0.717) is 11.1 Å². The van der Waals surface area contributed by atoms with Gasteiger partial charge in [0.15, 0.2) is 0 Å². The van der Waals surface area contributed by atoms with Crippen LogP contribution in [0.15, 0.2) is 65.8 Å². The Morgan fingerprint density at radius 3 is 2.35 bits per heavy atom. The molecule has 0 saturated heterocycles. The highest BCUT2D eigenvalue weighted by atomic mass is 16.5. The van der Waals surface area contributed by atoms with Crippen molar-refractivity contribution in [1.29, 1.82) is 0 Å². The summed E-state index contributed by atoms with van der Waals surface area (Å²) in [7, 11) is 1.31. The summed E-state index contributed by atoms with van der Waals surface area (Å²) >= 11 is 0. The predicted octanol–water partition coefficient (Wildman–Crippen LogP) is 3.10. The second-order valence-electron chi connectivity index (χ2n) is 5.53. The van der Waals surface area contributed by atoms with Gasteiger partial charge in [-0.05, 0) is 40.6 Å². The van der Waals surface area contributed by atoms with Crippen LogP contribution in [-0.2, 0) is 4.74 Å². The molecular weight excluding hydrogens is 332 g/mol. The number of phenolic OH excluding ortho intramolecular Hbond substituents is 1. The van der Waals surface area contributed by atoms with Crippen LogP contribution in [0.4, 0.5) is 0 Å². The van der Waals surface area contributed by atoms with E-state index in [-0.39, 0.29) is 11.3 Å². The van der Waals surface area contributed by atoms with Gasteiger partial charge in [0, 0.05) is 0 Å². The van der Waals surface area contributed by atoms with Crippen molar-refractivity contribution >= 4 is 28.9 Å². The fourth-order valence-corrected chi connectivity index (χ4v) is 2.46. The van der Waals surface area contributed by atoms with E-state index >= 15 is 0 Å². The van der Waals surface area contributed by atoms with Gasteiger partial charge in [-0.25, -0.2) is 10.2 Å². The molecule has 26 heavy (non-hydrogen) atoms. The lowest BCUT2D eigenvalue weighted by molar-refractivity contribution is 0.0600. The van der Waals surface area contributed by atoms with E-state index in [1.54, 1.807) is 36.4 Å². The molecular formula is C20H16N2O4. The molecule has 0 heterocycles. The number of nitrogens with one attached hydrogen (secondary N) is 1. The second kappa shape index (κ2) is 7.48. The Bertz CT molecular complexity index is 994. The molecule has 0 fully saturated rings. The van der Waals surface area contributed by atoms with Gasteiger partial charge in [0.25, 0.3) is 5.91 Å². The number of esters is 1. The van der Waals surface area contributed by atoms with Gasteiger partial charge in [0.05, 0.1) is 24.5 Å². The van der Waals surface area contributed by atoms with E-state index in [0.717, 1.165) is 10.8 Å². The van der Waals surface area contributed by atoms with Gasteiger partial charge >= 0.3 is 5.97 Å². The van der Waals surface area contributed by atoms with E-state index in [4.69, 9.17) is 0 Å². The fraction of sp³-hybridized carbons (Fsp3) is 0.0500. The van der Waals surface area contributed by atoms with Crippen LogP contribution in [-0.4, -0.2) is 30.3 Å². The number of phenols is 1. The smallest absolute Gasteiger partial charge is 0.337 e. The van der Waals surface area contributed by atoms with Crippen molar-refractivity contribution in [3.05, 3.63) is 77.4 Å². The highest BCUT2D eigenvalue weighted by molar-refractivity contribution is 6.01. The van der Waals surface area contributed by atoms with Crippen molar-refractivity contribution in [2.24, 2.45) is 5.10 Å². The molecule has 0 aliphatic rings. The van der Waals surface area contributed by atoms with Gasteiger partial charge in [-0.15, -0.1) is 0 Å². The summed E-state index contributed by atoms with van der Waals surface area (Å²) in [6.07, 6.45) is 1.44. The van der Waals surface area contributed by atoms with Crippen molar-refractivity contribution in [2.75, 3.05) is 7.11 Å². The highest BCUT2D eigenvalue weighted by Crippen LogP contribution is 2.24. The molecule has 0 aromatic heterocycles. The number of fused-ring (bicyclic) bond motifs is 1. The van der Waals surface area contributed by atoms with E-state index in [2.05, 4.69) is 15.3 Å². The summed E-state index contributed by atoms with van der Waals surface area (Å²) in [6.45, 7) is 0. The molecule has 0 unspecified atom stereocenters. The van der Waals surface area contributed by atoms with Crippen molar-refractivity contribution in [3.8, 4) is 5.75 Å². The maximum absolute atomic E-state index is 12.2. The zero-order valence-electron chi connectivity index (χ0n) is 14.0. The number of carbonyl (C=O) groups is 2. The molecule has 0 aliphatic heterocycles. The molecule has 0 atom stereocenters. The largest absolute Gasteiger partial charge is 0.507 e. The van der Waals surface area contributed by atoms with Gasteiger partial charge in [0.1, 0.15) is 5.75 Å². The predicted molar refractivity (Wildman–Crippen MR) is 98.5 cm³/mol. The van der Waals surface area contributed by atoms with Crippen LogP contribution in [0.5, 0.6) is 5.75 Å². The first-order valence-electron chi connectivity index (χ1n) is 7.82. The Labute approximate surface area is 149 Å². The Balaban J connectivity index is 1.71. The number of aromatic hydroxyl groups is 1. The number of carbonyl (C=O) groups excluding carboxylic acids is 2. The van der Waals surface area contributed by atoms with Crippen LogP contribution >= 0.6 is 0 Å². The minimum Gasteiger partial charge on any atom is -0.507 e. The Kier molecular flexibility index (Phi) is 4.94. The number of rotatable bonds is 4. The number of benzene rings is 3. The third kappa shape index (κ3) is 3.70. The number of hydrogen-bond donors (Lipinski definition) is 2. The highest BCUT2D eigenvalue weighted by Gasteiger charge is 2.11. The van der Waals surface area contributed by atoms with Crippen LogP contribution in [0.1, 0.15) is 26.3 Å². The summed E-state index contributed by atoms with van der Waals surface area (Å²) in [5.74, 6) is -1.05. The summed E-state index contributed by atoms with van der Waals surface area (Å²) in [5, 5.41) is 15.6. The minimum absolute atomic E-state index is 0.112. The third-order valence-electron chi connectivity index (χ3n) is 3.82. The van der Waals surface area contributed by atoms with Gasteiger partial charge in [-0.3, -0.25) is 4.79 Å². The average Bonchev–Trinajstić information content (AvgIpc) is 2.67. The number of amides is 1. The van der Waals surface area contributed by atoms with Crippen molar-refractivity contribution in [2.45, 2.75) is 0 Å². The van der Waals surface area contributed by atoms with E-state index < -0.39 is 11.9 Å². The van der Waals surface area contributed by atoms with Gasteiger partial charge in [-0.2, -0.15) is 5.10 Å². The van der Waals surface area contributed by atoms with E-state index in [1.165, 1.54) is 13.3 Å². The van der Waals surface area contributed by atoms with Crippen LogP contribution < -0.4 is 5.43 Å². The second-order valence-corrected chi connectivity index (χ2v) is 5.53. The molecule has 6 nitrogen and oxygen atoms in total. The Morgan fingerprint density at radius 1 is 1.04 bits per heavy atom. The molecule has 0 aliphatic carbocycles. The summed E-state index contributed by atoms with van der Waals surface area (Å²) in [4.78, 5) is 23.6. The normalized spacial score (nSPS) is 10.8. The van der Waals surface area contributed by atoms with Gasteiger partial charge < -0.3 is 9.84 Å². The molecule has 0 saturated carbocycles. The van der Waals surface area contributed by atoms with Crippen molar-refractivity contribution in [1.82, 2.24) is 5.43 Å². The molecule has 2 N–H and O–H groups in total. The Hall–Kier alpha value is -3.67. The molecule has 0 spiro atoms. The SMILES string of the molecule is COC(=O)c1ccc(C=NNC(=O)c2cc3ccccc3cc2O)cc1. The first-order chi connectivity index (χ1) is 12.6. The number of nitrogens with zero attached hydrogens (tertiary/aromatic N) is 1. The van der Waals surface area contributed by atoms with Crippen LogP contribution in [0.3, 0.4) is 0 Å². The van der Waals surface area contributed by atoms with Crippen LogP contribution in [0.25, 0.3) is 10.8 Å². The zero-order chi connectivity index (χ0) is 18.5. The molecule has 1 amide bonds. The number of ether oxygens (including phenoxy) is 1. The van der Waals surface area contributed by atoms with E-state index in [1.807, 2.05) is 24.3 Å². The summed E-state index contributed by atoms with van der Waals surface area (Å²) in [6, 6.07) is 17.1. The lowest BCUT2D eigenvalue weighted by atomic mass is 10.1. The topological polar surface area (TPSA) is 88.0 Å². The standard InChI is InChI=1S/C20H16N2O4/c1-26-20(25)14-8-6-13(7-9-14)12-21-22-19(24)17-10-15-4-2-3-5-16(15)11-18(17)23/h2-12,23H,1H3,(H,22,24). The van der Waals surface area contributed by atoms with Gasteiger partial charge in [-0.1, -0.05) is 36.4 Å². The molecule has 0 radical (unpaired) electrons. The summed E-state index contributed by atoms with van der Waals surface area (Å²) < 4.78 is 4.63. The van der Waals surface area contributed by atoms with Crippen LogP contribution in [0.2, 0.25) is 0 Å². The Morgan fingerprint density at radius 2 is 1.69 bits per heavy atom. The molecule has 3 rings (SSSR count). The van der Waals surface area contributed by atoms with E-state index in [9.17, 15) is 14.7 Å². The molecule has 6 heteroatoms. The molecule has 130 valence electrons. The monoisotopic (exact) mass is 348 g/mol. The van der Waals surface area contributed by atoms with Crippen LogP contribution in [0, 0.1) is 0 Å². The zero-order valence-corrected chi connectivity index (χ0v) is 14.0. The lowest BCUT2D eigenvalue weighted by Gasteiger charge is -2.05. The quantitative estimate of drug-likeness (QED) is 0.431. The number of hydrogen-bond acceptors (Lipinski definition) is 5. The van der Waals surface area contributed by atoms with Crippen molar-refractivity contribution in [3.63, 3.8) is 0 Å². The maximum atomic E-state index is 12.2. The average molecular weight is 348 g/mol. The fourth-order valence-electron chi connectivity index (χ4n) is 2.46.